The van der Waals surface area contributed by atoms with Crippen LogP contribution in [0, 0.1) is 0 Å². The molecular weight excluding hydrogens is 389 g/mol. The number of rotatable bonds is 4. The lowest BCUT2D eigenvalue weighted by Crippen LogP contribution is -2.04. The molecule has 0 unspecified atom stereocenters. The van der Waals surface area contributed by atoms with Gasteiger partial charge < -0.3 is 0 Å². The number of hydrogen-bond donors (Lipinski definition) is 0. The number of fused-ring (bicyclic) bond motifs is 1. The highest BCUT2D eigenvalue weighted by Crippen LogP contribution is 2.31. The van der Waals surface area contributed by atoms with E-state index in [1.807, 2.05) is 18.2 Å². The third-order valence-electron chi connectivity index (χ3n) is 4.64. The molecule has 148 valence electrons. The number of halogens is 3. The first-order chi connectivity index (χ1) is 14.4. The van der Waals surface area contributed by atoms with Gasteiger partial charge in [0.25, 0.3) is 0 Å². The molecule has 30 heavy (non-hydrogen) atoms. The van der Waals surface area contributed by atoms with Crippen molar-refractivity contribution in [1.82, 2.24) is 9.97 Å². The van der Waals surface area contributed by atoms with Crippen LogP contribution in [0.15, 0.2) is 85.2 Å². The van der Waals surface area contributed by atoms with E-state index < -0.39 is 11.7 Å². The van der Waals surface area contributed by atoms with E-state index in [0.29, 0.717) is 11.1 Å². The second-order valence-electron chi connectivity index (χ2n) is 6.65. The number of alkyl halides is 3. The topological polar surface area (TPSA) is 42.9 Å². The zero-order valence-electron chi connectivity index (χ0n) is 15.6. The molecule has 4 rings (SSSR count). The van der Waals surface area contributed by atoms with Gasteiger partial charge in [-0.15, -0.1) is 0 Å². The maximum absolute atomic E-state index is 12.7. The van der Waals surface area contributed by atoms with Crippen LogP contribution in [0.3, 0.4) is 0 Å². The van der Waals surface area contributed by atoms with Gasteiger partial charge >= 0.3 is 6.18 Å². The molecule has 3 aromatic carbocycles. The molecule has 3 nitrogen and oxygen atoms in total. The monoisotopic (exact) mass is 404 g/mol. The summed E-state index contributed by atoms with van der Waals surface area (Å²) >= 11 is 0. The third kappa shape index (κ3) is 4.27. The Morgan fingerprint density at radius 3 is 2.00 bits per heavy atom. The molecule has 0 fully saturated rings. The smallest absolute Gasteiger partial charge is 0.289 e. The normalized spacial score (nSPS) is 11.8. The molecule has 0 atom stereocenters. The van der Waals surface area contributed by atoms with Crippen molar-refractivity contribution in [3.63, 3.8) is 0 Å². The summed E-state index contributed by atoms with van der Waals surface area (Å²) in [5.74, 6) is -0.173. The summed E-state index contributed by atoms with van der Waals surface area (Å²) in [7, 11) is 0. The van der Waals surface area contributed by atoms with Crippen LogP contribution in [0.1, 0.15) is 21.5 Å². The molecular formula is C24H15F3N2O. The third-order valence-corrected chi connectivity index (χ3v) is 4.64. The molecule has 1 aromatic heterocycles. The zero-order chi connectivity index (χ0) is 21.1. The molecule has 0 aliphatic carbocycles. The van der Waals surface area contributed by atoms with Crippen LogP contribution >= 0.6 is 0 Å². The summed E-state index contributed by atoms with van der Waals surface area (Å²) < 4.78 is 38.1. The summed E-state index contributed by atoms with van der Waals surface area (Å²) in [4.78, 5) is 20.9. The predicted molar refractivity (Wildman–Crippen MR) is 110 cm³/mol. The van der Waals surface area contributed by atoms with Crippen LogP contribution < -0.4 is 0 Å². The minimum atomic E-state index is -4.36. The average molecular weight is 404 g/mol. The first-order valence-corrected chi connectivity index (χ1v) is 9.11. The van der Waals surface area contributed by atoms with Crippen molar-refractivity contribution in [1.29, 1.82) is 0 Å². The summed E-state index contributed by atoms with van der Waals surface area (Å²) in [5, 5.41) is 0. The Hall–Kier alpha value is -3.80. The summed E-state index contributed by atoms with van der Waals surface area (Å²) in [5.41, 5.74) is 3.53. The predicted octanol–water partition coefficient (Wildman–Crippen LogP) is 6.21. The molecule has 0 spiro atoms. The van der Waals surface area contributed by atoms with Crippen molar-refractivity contribution in [3.05, 3.63) is 102 Å². The molecule has 0 aliphatic heterocycles. The fourth-order valence-corrected chi connectivity index (χ4v) is 3.03. The molecule has 0 aliphatic rings. The van der Waals surface area contributed by atoms with Gasteiger partial charge in [-0.1, -0.05) is 48.5 Å². The number of aromatic nitrogens is 2. The van der Waals surface area contributed by atoms with Gasteiger partial charge in [-0.25, -0.2) is 0 Å². The highest BCUT2D eigenvalue weighted by atomic mass is 19.4. The van der Waals surface area contributed by atoms with Gasteiger partial charge in [0, 0.05) is 18.0 Å². The summed E-state index contributed by atoms with van der Waals surface area (Å²) in [6.07, 6.45) is 2.05. The second-order valence-corrected chi connectivity index (χ2v) is 6.65. The Balaban J connectivity index is 1.49. The van der Waals surface area contributed by atoms with Gasteiger partial charge in [-0.05, 0) is 47.0 Å². The second kappa shape index (κ2) is 7.91. The number of carbonyl (C=O) groups excluding carboxylic acids is 1. The summed E-state index contributed by atoms with van der Waals surface area (Å²) in [6.45, 7) is 0. The minimum Gasteiger partial charge on any atom is -0.289 e. The number of allylic oxidation sites excluding steroid dienone is 1. The van der Waals surface area contributed by atoms with Crippen LogP contribution in [-0.4, -0.2) is 15.8 Å². The Bertz CT molecular complexity index is 1230. The lowest BCUT2D eigenvalue weighted by molar-refractivity contribution is -0.137. The van der Waals surface area contributed by atoms with Crippen molar-refractivity contribution in [3.8, 4) is 11.1 Å². The standard InChI is InChI=1S/C24H15F3N2O/c25-24(26,27)20-9-7-18(8-10-20)17-3-5-19(6-4-17)23(30)12-2-16-1-11-21-22(15-16)29-14-13-28-21/h1-15H/b12-2+. The highest BCUT2D eigenvalue weighted by Gasteiger charge is 2.29. The number of ketones is 1. The lowest BCUT2D eigenvalue weighted by atomic mass is 10.0. The van der Waals surface area contributed by atoms with Crippen LogP contribution in [0.25, 0.3) is 28.2 Å². The van der Waals surface area contributed by atoms with Crippen LogP contribution in [0.5, 0.6) is 0 Å². The molecule has 0 amide bonds. The van der Waals surface area contributed by atoms with Crippen molar-refractivity contribution in [2.24, 2.45) is 0 Å². The molecule has 6 heteroatoms. The molecule has 0 saturated heterocycles. The van der Waals surface area contributed by atoms with Crippen LogP contribution in [0.2, 0.25) is 0 Å². The maximum Gasteiger partial charge on any atom is 0.416 e. The van der Waals surface area contributed by atoms with E-state index in [-0.39, 0.29) is 5.78 Å². The first kappa shape index (κ1) is 19.5. The molecule has 1 heterocycles. The molecule has 0 saturated carbocycles. The van der Waals surface area contributed by atoms with Crippen molar-refractivity contribution in [2.75, 3.05) is 0 Å². The van der Waals surface area contributed by atoms with Crippen molar-refractivity contribution in [2.45, 2.75) is 6.18 Å². The highest BCUT2D eigenvalue weighted by molar-refractivity contribution is 6.07. The van der Waals surface area contributed by atoms with E-state index in [1.165, 1.54) is 18.2 Å². The molecule has 0 bridgehead atoms. The average Bonchev–Trinajstić information content (AvgIpc) is 2.77. The Morgan fingerprint density at radius 2 is 1.37 bits per heavy atom. The maximum atomic E-state index is 12.7. The fourth-order valence-electron chi connectivity index (χ4n) is 3.03. The van der Waals surface area contributed by atoms with E-state index in [4.69, 9.17) is 0 Å². The SMILES string of the molecule is O=C(/C=C/c1ccc2nccnc2c1)c1ccc(-c2ccc(C(F)(F)F)cc2)cc1. The van der Waals surface area contributed by atoms with E-state index in [0.717, 1.165) is 34.3 Å². The van der Waals surface area contributed by atoms with E-state index in [1.54, 1.807) is 42.7 Å². The largest absolute Gasteiger partial charge is 0.416 e. The number of carbonyl (C=O) groups is 1. The Morgan fingerprint density at radius 1 is 0.767 bits per heavy atom. The van der Waals surface area contributed by atoms with E-state index >= 15 is 0 Å². The first-order valence-electron chi connectivity index (χ1n) is 9.11. The van der Waals surface area contributed by atoms with Crippen LogP contribution in [-0.2, 0) is 6.18 Å². The number of hydrogen-bond acceptors (Lipinski definition) is 3. The van der Waals surface area contributed by atoms with Gasteiger partial charge in [-0.2, -0.15) is 13.2 Å². The van der Waals surface area contributed by atoms with Gasteiger partial charge in [0.15, 0.2) is 5.78 Å². The van der Waals surface area contributed by atoms with Crippen LogP contribution in [0.4, 0.5) is 13.2 Å². The van der Waals surface area contributed by atoms with E-state index in [9.17, 15) is 18.0 Å². The Labute approximate surface area is 170 Å². The van der Waals surface area contributed by atoms with Gasteiger partial charge in [0.2, 0.25) is 0 Å². The Kier molecular flexibility index (Phi) is 5.14. The number of benzene rings is 3. The quantitative estimate of drug-likeness (QED) is 0.300. The fraction of sp³-hybridized carbons (Fsp3) is 0.0417. The zero-order valence-corrected chi connectivity index (χ0v) is 15.6. The number of nitrogens with zero attached hydrogens (tertiary/aromatic N) is 2. The minimum absolute atomic E-state index is 0.173. The lowest BCUT2D eigenvalue weighted by Gasteiger charge is -2.08. The van der Waals surface area contributed by atoms with E-state index in [2.05, 4.69) is 9.97 Å². The summed E-state index contributed by atoms with van der Waals surface area (Å²) in [6, 6.07) is 17.2. The van der Waals surface area contributed by atoms with Gasteiger partial charge in [-0.3, -0.25) is 14.8 Å². The van der Waals surface area contributed by atoms with Gasteiger partial charge in [0.05, 0.1) is 16.6 Å². The van der Waals surface area contributed by atoms with Gasteiger partial charge in [0.1, 0.15) is 0 Å². The van der Waals surface area contributed by atoms with Crippen molar-refractivity contribution < 1.29 is 18.0 Å². The molecule has 0 radical (unpaired) electrons. The molecule has 0 N–H and O–H groups in total. The molecule has 4 aromatic rings. The van der Waals surface area contributed by atoms with Crippen molar-refractivity contribution >= 4 is 22.9 Å².